The maximum atomic E-state index is 12.2. The molecule has 2 aromatic rings. The van der Waals surface area contributed by atoms with E-state index in [-0.39, 0.29) is 22.6 Å². The number of aromatic nitrogens is 3. The lowest BCUT2D eigenvalue weighted by atomic mass is 10.2. The van der Waals surface area contributed by atoms with E-state index in [0.29, 0.717) is 36.4 Å². The average Bonchev–Trinajstić information content (AvgIpc) is 3.17. The van der Waals surface area contributed by atoms with Crippen molar-refractivity contribution in [1.82, 2.24) is 15.2 Å². The van der Waals surface area contributed by atoms with Crippen molar-refractivity contribution in [1.29, 1.82) is 0 Å². The second-order valence-electron chi connectivity index (χ2n) is 8.04. The third kappa shape index (κ3) is 5.46. The molecule has 0 amide bonds. The number of methoxy groups -OCH3 is 1. The monoisotopic (exact) mass is 472 g/mol. The summed E-state index contributed by atoms with van der Waals surface area (Å²) in [5.74, 6) is 2.23. The number of hydrogen-bond donors (Lipinski definition) is 1. The predicted molar refractivity (Wildman–Crippen MR) is 120 cm³/mol. The lowest BCUT2D eigenvalue weighted by Crippen LogP contribution is -2.32. The molecule has 2 aromatic heterocycles. The second kappa shape index (κ2) is 9.27. The van der Waals surface area contributed by atoms with Gasteiger partial charge in [-0.3, -0.25) is 4.31 Å². The van der Waals surface area contributed by atoms with Gasteiger partial charge in [-0.25, -0.2) is 13.4 Å². The number of nitrogens with two attached hydrogens (primary N) is 1. The smallest absolute Gasteiger partial charge is 0.249 e. The third-order valence-electron chi connectivity index (χ3n) is 5.40. The van der Waals surface area contributed by atoms with E-state index >= 15 is 0 Å². The second-order valence-corrected chi connectivity index (χ2v) is 10.4. The van der Waals surface area contributed by atoms with Crippen molar-refractivity contribution in [2.24, 2.45) is 17.6 Å². The van der Waals surface area contributed by atoms with Crippen molar-refractivity contribution in [2.75, 3.05) is 49.3 Å². The zero-order chi connectivity index (χ0) is 22.9. The third-order valence-corrected chi connectivity index (χ3v) is 6.94. The fourth-order valence-electron chi connectivity index (χ4n) is 3.15. The molecule has 1 saturated carbocycles. The Morgan fingerprint density at radius 1 is 1.42 bits per heavy atom. The number of pyridine rings is 1. The van der Waals surface area contributed by atoms with E-state index in [2.05, 4.69) is 27.0 Å². The van der Waals surface area contributed by atoms with Gasteiger partial charge in [0.15, 0.2) is 5.82 Å². The first-order valence-corrected chi connectivity index (χ1v) is 12.2. The number of hydrogen-bond acceptors (Lipinski definition) is 9. The summed E-state index contributed by atoms with van der Waals surface area (Å²) in [7, 11) is -0.570. The SMILES string of the molecule is COCCN(CC1CC1C)c1cc(-c2nnc(C(C)N)o2)c(Cl)c(N(C)S(C)(=O)=O)n1. The van der Waals surface area contributed by atoms with Gasteiger partial charge in [0.2, 0.25) is 21.8 Å². The topological polar surface area (TPSA) is 128 Å². The summed E-state index contributed by atoms with van der Waals surface area (Å²) in [5, 5.41) is 8.12. The van der Waals surface area contributed by atoms with E-state index in [1.165, 1.54) is 7.05 Å². The summed E-state index contributed by atoms with van der Waals surface area (Å²) in [6, 6.07) is 1.29. The van der Waals surface area contributed by atoms with Crippen LogP contribution in [0.1, 0.15) is 32.2 Å². The first kappa shape index (κ1) is 23.7. The molecule has 0 spiro atoms. The molecule has 10 nitrogen and oxygen atoms in total. The highest BCUT2D eigenvalue weighted by molar-refractivity contribution is 7.92. The molecular formula is C19H29ClN6O4S. The number of ether oxygens (including phenoxy) is 1. The molecule has 3 unspecified atom stereocenters. The van der Waals surface area contributed by atoms with Crippen LogP contribution in [0.15, 0.2) is 10.5 Å². The van der Waals surface area contributed by atoms with Crippen LogP contribution in [0.4, 0.5) is 11.6 Å². The van der Waals surface area contributed by atoms with E-state index in [0.717, 1.165) is 23.5 Å². The molecule has 172 valence electrons. The van der Waals surface area contributed by atoms with Gasteiger partial charge in [0.05, 0.1) is 29.5 Å². The Hall–Kier alpha value is -1.95. The van der Waals surface area contributed by atoms with E-state index in [1.807, 2.05) is 0 Å². The molecule has 3 rings (SSSR count). The molecule has 1 aliphatic rings. The van der Waals surface area contributed by atoms with Crippen molar-refractivity contribution in [3.8, 4) is 11.5 Å². The van der Waals surface area contributed by atoms with Crippen LogP contribution in [0.25, 0.3) is 11.5 Å². The molecule has 2 N–H and O–H groups in total. The van der Waals surface area contributed by atoms with Gasteiger partial charge < -0.3 is 19.8 Å². The maximum Gasteiger partial charge on any atom is 0.249 e. The number of nitrogens with zero attached hydrogens (tertiary/aromatic N) is 5. The first-order chi connectivity index (χ1) is 14.5. The van der Waals surface area contributed by atoms with Crippen molar-refractivity contribution < 1.29 is 17.6 Å². The normalized spacial score (nSPS) is 19.3. The van der Waals surface area contributed by atoms with Crippen LogP contribution < -0.4 is 14.9 Å². The van der Waals surface area contributed by atoms with Crippen molar-refractivity contribution in [2.45, 2.75) is 26.3 Å². The molecule has 2 heterocycles. The average molecular weight is 473 g/mol. The Balaban J connectivity index is 2.12. The summed E-state index contributed by atoms with van der Waals surface area (Å²) in [5.41, 5.74) is 6.23. The molecule has 31 heavy (non-hydrogen) atoms. The minimum Gasteiger partial charge on any atom is -0.419 e. The Morgan fingerprint density at radius 2 is 2.10 bits per heavy atom. The van der Waals surface area contributed by atoms with Gasteiger partial charge in [0, 0.05) is 27.2 Å². The van der Waals surface area contributed by atoms with Gasteiger partial charge in [0.25, 0.3) is 0 Å². The van der Waals surface area contributed by atoms with Crippen molar-refractivity contribution >= 4 is 33.3 Å². The zero-order valence-electron chi connectivity index (χ0n) is 18.4. The molecule has 0 radical (unpaired) electrons. The number of sulfonamides is 1. The maximum absolute atomic E-state index is 12.2. The van der Waals surface area contributed by atoms with Crippen LogP contribution in [0.5, 0.6) is 0 Å². The standard InChI is InChI=1S/C19H29ClN6O4S/c1-11-8-13(11)10-26(6-7-29-4)15-9-14(19-24-23-18(30-19)12(2)21)16(20)17(22-15)25(3)31(5,27)28/h9,11-13H,6-8,10,21H2,1-5H3. The molecule has 0 bridgehead atoms. The molecule has 1 fully saturated rings. The molecule has 0 saturated heterocycles. The minimum absolute atomic E-state index is 0.0866. The van der Waals surface area contributed by atoms with Gasteiger partial charge in [-0.15, -0.1) is 10.2 Å². The van der Waals surface area contributed by atoms with E-state index in [9.17, 15) is 8.42 Å². The van der Waals surface area contributed by atoms with Crippen LogP contribution in [0, 0.1) is 11.8 Å². The minimum atomic E-state index is -3.61. The van der Waals surface area contributed by atoms with Gasteiger partial charge in [-0.2, -0.15) is 0 Å². The zero-order valence-corrected chi connectivity index (χ0v) is 19.9. The van der Waals surface area contributed by atoms with Crippen molar-refractivity contribution in [3.05, 3.63) is 17.0 Å². The first-order valence-electron chi connectivity index (χ1n) is 10.0. The van der Waals surface area contributed by atoms with Gasteiger partial charge >= 0.3 is 0 Å². The Morgan fingerprint density at radius 3 is 2.61 bits per heavy atom. The molecule has 0 aliphatic heterocycles. The van der Waals surface area contributed by atoms with Crippen LogP contribution in [-0.2, 0) is 14.8 Å². The summed E-state index contributed by atoms with van der Waals surface area (Å²) < 4.78 is 36.5. The quantitative estimate of drug-likeness (QED) is 0.553. The number of rotatable bonds is 10. The van der Waals surface area contributed by atoms with Gasteiger partial charge in [-0.05, 0) is 31.2 Å². The fourth-order valence-corrected chi connectivity index (χ4v) is 3.95. The molecule has 3 atom stereocenters. The van der Waals surface area contributed by atoms with E-state index in [1.54, 1.807) is 20.1 Å². The lowest BCUT2D eigenvalue weighted by Gasteiger charge is -2.26. The van der Waals surface area contributed by atoms with Gasteiger partial charge in [0.1, 0.15) is 5.82 Å². The van der Waals surface area contributed by atoms with Crippen LogP contribution in [0.2, 0.25) is 5.02 Å². The van der Waals surface area contributed by atoms with E-state index in [4.69, 9.17) is 26.5 Å². The highest BCUT2D eigenvalue weighted by Crippen LogP contribution is 2.41. The summed E-state index contributed by atoms with van der Waals surface area (Å²) in [6.45, 7) is 5.79. The molecule has 1 aliphatic carbocycles. The fraction of sp³-hybridized carbons (Fsp3) is 0.632. The van der Waals surface area contributed by atoms with Gasteiger partial charge in [-0.1, -0.05) is 18.5 Å². The van der Waals surface area contributed by atoms with E-state index < -0.39 is 16.1 Å². The Labute approximate surface area is 187 Å². The molecule has 0 aromatic carbocycles. The highest BCUT2D eigenvalue weighted by Gasteiger charge is 2.35. The summed E-state index contributed by atoms with van der Waals surface area (Å²) >= 11 is 6.58. The lowest BCUT2D eigenvalue weighted by molar-refractivity contribution is 0.204. The Kier molecular flexibility index (Phi) is 7.09. The summed E-state index contributed by atoms with van der Waals surface area (Å²) in [6.07, 6.45) is 2.23. The summed E-state index contributed by atoms with van der Waals surface area (Å²) in [4.78, 5) is 6.67. The Bertz CT molecular complexity index is 1030. The largest absolute Gasteiger partial charge is 0.419 e. The molecule has 12 heteroatoms. The van der Waals surface area contributed by atoms with Crippen LogP contribution >= 0.6 is 11.6 Å². The van der Waals surface area contributed by atoms with Crippen molar-refractivity contribution in [3.63, 3.8) is 0 Å². The van der Waals surface area contributed by atoms with Crippen LogP contribution in [-0.4, -0.2) is 63.7 Å². The number of anilines is 2. The highest BCUT2D eigenvalue weighted by atomic mass is 35.5. The van der Waals surface area contributed by atoms with Crippen LogP contribution in [0.3, 0.4) is 0 Å². The predicted octanol–water partition coefficient (Wildman–Crippen LogP) is 2.31. The number of halogens is 1. The molecular weight excluding hydrogens is 444 g/mol.